The van der Waals surface area contributed by atoms with Crippen LogP contribution in [-0.4, -0.2) is 116 Å². The van der Waals surface area contributed by atoms with E-state index >= 15 is 0 Å². The van der Waals surface area contributed by atoms with E-state index in [1.54, 1.807) is 13.2 Å². The van der Waals surface area contributed by atoms with E-state index in [2.05, 4.69) is 34.9 Å². The van der Waals surface area contributed by atoms with E-state index in [4.69, 9.17) is 53.7 Å². The van der Waals surface area contributed by atoms with Crippen molar-refractivity contribution in [1.82, 2.24) is 19.6 Å². The number of nitrogen functional groups attached to an aromatic ring is 1. The Morgan fingerprint density at radius 3 is 2.64 bits per heavy atom. The zero-order chi connectivity index (χ0) is 32.1. The third-order valence-corrected chi connectivity index (χ3v) is 10.7. The van der Waals surface area contributed by atoms with Crippen molar-refractivity contribution in [2.45, 2.75) is 44.4 Å². The number of methoxy groups -OCH3 is 1. The Balaban J connectivity index is 1.38. The summed E-state index contributed by atoms with van der Waals surface area (Å²) >= 11 is 13.6. The molecule has 0 bridgehead atoms. The van der Waals surface area contributed by atoms with Crippen molar-refractivity contribution in [2.24, 2.45) is 5.41 Å². The summed E-state index contributed by atoms with van der Waals surface area (Å²) in [6.45, 7) is 14.7. The van der Waals surface area contributed by atoms with Gasteiger partial charge in [-0.15, -0.1) is 0 Å². The third-order valence-electron chi connectivity index (χ3n) is 9.95. The lowest BCUT2D eigenvalue weighted by Gasteiger charge is -2.58. The summed E-state index contributed by atoms with van der Waals surface area (Å²) in [5.74, 6) is 0.754. The molecule has 1 aliphatic carbocycles. The van der Waals surface area contributed by atoms with Crippen LogP contribution in [0.4, 0.5) is 11.5 Å². The summed E-state index contributed by atoms with van der Waals surface area (Å²) in [6.07, 6.45) is 4.50. The molecule has 0 radical (unpaired) electrons. The molecule has 4 heterocycles. The number of hydrogen-bond acceptors (Lipinski definition) is 9. The van der Waals surface area contributed by atoms with E-state index in [0.717, 1.165) is 62.6 Å². The van der Waals surface area contributed by atoms with E-state index in [1.807, 2.05) is 4.90 Å². The van der Waals surface area contributed by atoms with Gasteiger partial charge in [-0.2, -0.15) is 5.10 Å². The number of anilines is 2. The third kappa shape index (κ3) is 5.76. The predicted octanol–water partition coefficient (Wildman–Crippen LogP) is 4.04. The largest absolute Gasteiger partial charge is 0.398 e. The lowest BCUT2D eigenvalue weighted by molar-refractivity contribution is -0.149. The maximum atomic E-state index is 12.1. The number of carbonyl (C=O) groups is 1. The molecule has 13 heteroatoms. The summed E-state index contributed by atoms with van der Waals surface area (Å²) in [6, 6.07) is 1.76. The standard InChI is InChI=1S/C32H43Cl2N7O4/c1-5-26(42)39-17-32(18-39)11-21(12-32)41-20(2)27(28-23(13-35)25(36)10-24(33)29(28)34)30(37-41)40-7-6-38(16-31(40,3)19-43-4)14-22-15-44-8-9-45-22/h5,10,13,21-22,35H,1,6-9,11-12,14-19,36H2,2-4H3/t22?,31-/m1/s1. The number of aromatic nitrogens is 2. The molecule has 1 saturated carbocycles. The molecule has 45 heavy (non-hydrogen) atoms. The van der Waals surface area contributed by atoms with Gasteiger partial charge in [-0.05, 0) is 38.8 Å². The molecule has 6 rings (SSSR count). The van der Waals surface area contributed by atoms with E-state index in [9.17, 15) is 4.79 Å². The van der Waals surface area contributed by atoms with Gasteiger partial charge in [-0.3, -0.25) is 14.4 Å². The molecule has 1 spiro atoms. The van der Waals surface area contributed by atoms with E-state index in [0.29, 0.717) is 59.8 Å². The first kappa shape index (κ1) is 32.3. The SMILES string of the molecule is C=CC(=O)N1CC2(CC(n3nc(N4CCN(CC5COCCO5)C[C@]4(C)COC)c(-c4c(Cl)c(Cl)cc(N)c4C=N)c3C)C2)C1. The minimum absolute atomic E-state index is 0.0181. The second-order valence-corrected chi connectivity index (χ2v) is 14.1. The number of benzene rings is 1. The molecule has 1 aromatic carbocycles. The van der Waals surface area contributed by atoms with Crippen LogP contribution in [-0.2, 0) is 19.0 Å². The van der Waals surface area contributed by atoms with Crippen LogP contribution in [0.2, 0.25) is 10.0 Å². The summed E-state index contributed by atoms with van der Waals surface area (Å²) in [4.78, 5) is 18.7. The van der Waals surface area contributed by atoms with Crippen LogP contribution in [0.1, 0.15) is 37.1 Å². The Hall–Kier alpha value is -2.67. The number of halogens is 2. The van der Waals surface area contributed by atoms with Gasteiger partial charge in [0.25, 0.3) is 0 Å². The first-order chi connectivity index (χ1) is 21.5. The molecular weight excluding hydrogens is 617 g/mol. The normalized spacial score (nSPS) is 25.2. The molecule has 1 unspecified atom stereocenters. The van der Waals surface area contributed by atoms with E-state index in [-0.39, 0.29) is 23.5 Å². The molecule has 2 atom stereocenters. The highest BCUT2D eigenvalue weighted by atomic mass is 35.5. The summed E-state index contributed by atoms with van der Waals surface area (Å²) in [5.41, 5.74) is 9.36. The van der Waals surface area contributed by atoms with Crippen molar-refractivity contribution in [1.29, 1.82) is 5.41 Å². The van der Waals surface area contributed by atoms with Crippen molar-refractivity contribution in [3.8, 4) is 11.1 Å². The monoisotopic (exact) mass is 659 g/mol. The number of amides is 1. The number of ether oxygens (including phenoxy) is 3. The van der Waals surface area contributed by atoms with Crippen LogP contribution in [0.25, 0.3) is 11.1 Å². The smallest absolute Gasteiger partial charge is 0.245 e. The van der Waals surface area contributed by atoms with E-state index < -0.39 is 5.54 Å². The van der Waals surface area contributed by atoms with Crippen LogP contribution in [0.5, 0.6) is 0 Å². The Kier molecular flexibility index (Phi) is 8.97. The fraction of sp³-hybridized carbons (Fsp3) is 0.594. The highest BCUT2D eigenvalue weighted by molar-refractivity contribution is 6.44. The van der Waals surface area contributed by atoms with Gasteiger partial charge in [0, 0.05) is 86.1 Å². The number of nitrogens with two attached hydrogens (primary N) is 1. The van der Waals surface area contributed by atoms with Gasteiger partial charge in [0.1, 0.15) is 0 Å². The fourth-order valence-electron chi connectivity index (χ4n) is 7.86. The lowest BCUT2D eigenvalue weighted by Crippen LogP contribution is -2.64. The van der Waals surface area contributed by atoms with Crippen LogP contribution >= 0.6 is 23.2 Å². The number of nitrogens with zero attached hydrogens (tertiary/aromatic N) is 5. The van der Waals surface area contributed by atoms with Gasteiger partial charge < -0.3 is 35.2 Å². The van der Waals surface area contributed by atoms with Crippen molar-refractivity contribution in [2.75, 3.05) is 83.4 Å². The maximum Gasteiger partial charge on any atom is 0.245 e. The van der Waals surface area contributed by atoms with E-state index in [1.165, 1.54) is 12.3 Å². The van der Waals surface area contributed by atoms with Crippen LogP contribution in [0.15, 0.2) is 18.7 Å². The average molecular weight is 661 g/mol. The van der Waals surface area contributed by atoms with Gasteiger partial charge >= 0.3 is 0 Å². The van der Waals surface area contributed by atoms with Crippen molar-refractivity contribution < 1.29 is 19.0 Å². The second-order valence-electron chi connectivity index (χ2n) is 13.3. The summed E-state index contributed by atoms with van der Waals surface area (Å²) in [7, 11) is 1.72. The number of hydrogen-bond donors (Lipinski definition) is 2. The molecule has 2 aromatic rings. The topological polar surface area (TPSA) is 122 Å². The molecule has 3 N–H and O–H groups in total. The first-order valence-electron chi connectivity index (χ1n) is 15.5. The zero-order valence-electron chi connectivity index (χ0n) is 26.3. The zero-order valence-corrected chi connectivity index (χ0v) is 27.8. The highest BCUT2D eigenvalue weighted by Gasteiger charge is 2.55. The molecule has 244 valence electrons. The minimum Gasteiger partial charge on any atom is -0.398 e. The number of carbonyl (C=O) groups excluding carboxylic acids is 1. The first-order valence-corrected chi connectivity index (χ1v) is 16.3. The molecule has 4 aliphatic rings. The van der Waals surface area contributed by atoms with Crippen LogP contribution in [0.3, 0.4) is 0 Å². The fourth-order valence-corrected chi connectivity index (χ4v) is 8.32. The van der Waals surface area contributed by atoms with Crippen LogP contribution in [0, 0.1) is 17.7 Å². The molecule has 3 aliphatic heterocycles. The van der Waals surface area contributed by atoms with Gasteiger partial charge in [0.05, 0.1) is 54.2 Å². The Bertz CT molecular complexity index is 1480. The van der Waals surface area contributed by atoms with Crippen molar-refractivity contribution >= 4 is 46.8 Å². The predicted molar refractivity (Wildman–Crippen MR) is 177 cm³/mol. The number of piperazine rings is 1. The highest BCUT2D eigenvalue weighted by Crippen LogP contribution is 2.56. The van der Waals surface area contributed by atoms with Gasteiger partial charge in [-0.25, -0.2) is 0 Å². The Labute approximate surface area is 274 Å². The molecule has 1 amide bonds. The minimum atomic E-state index is -0.440. The molecule has 4 fully saturated rings. The average Bonchev–Trinajstić information content (AvgIpc) is 3.29. The molecular formula is C32H43Cl2N7O4. The molecule has 3 saturated heterocycles. The lowest BCUT2D eigenvalue weighted by atomic mass is 9.60. The van der Waals surface area contributed by atoms with Gasteiger partial charge in [-0.1, -0.05) is 29.8 Å². The molecule has 11 nitrogen and oxygen atoms in total. The van der Waals surface area contributed by atoms with Gasteiger partial charge in [0.2, 0.25) is 5.91 Å². The Morgan fingerprint density at radius 1 is 1.24 bits per heavy atom. The number of nitrogens with one attached hydrogen (secondary N) is 1. The van der Waals surface area contributed by atoms with Crippen molar-refractivity contribution in [3.63, 3.8) is 0 Å². The number of likely N-dealkylation sites (tertiary alicyclic amines) is 1. The van der Waals surface area contributed by atoms with Crippen molar-refractivity contribution in [3.05, 3.63) is 40.0 Å². The molecule has 1 aromatic heterocycles. The quantitative estimate of drug-likeness (QED) is 0.235. The summed E-state index contributed by atoms with van der Waals surface area (Å²) < 4.78 is 19.6. The number of rotatable bonds is 9. The van der Waals surface area contributed by atoms with Crippen LogP contribution < -0.4 is 10.6 Å². The van der Waals surface area contributed by atoms with Gasteiger partial charge in [0.15, 0.2) is 5.82 Å². The maximum absolute atomic E-state index is 12.1. The summed E-state index contributed by atoms with van der Waals surface area (Å²) in [5, 5.41) is 14.3. The second kappa shape index (κ2) is 12.5. The Morgan fingerprint density at radius 2 is 2.00 bits per heavy atom.